The largest absolute Gasteiger partial charge is 0.389 e. The maximum atomic E-state index is 9.72. The molecule has 1 fully saturated rings. The molecule has 0 bridgehead atoms. The summed E-state index contributed by atoms with van der Waals surface area (Å²) in [5.41, 5.74) is -0.616. The number of nitrogens with one attached hydrogen (secondary N) is 1. The molecular weight excluding hydrogens is 182 g/mol. The normalized spacial score (nSPS) is 27.2. The highest BCUT2D eigenvalue weighted by molar-refractivity contribution is 4.74. The number of ether oxygens (including phenoxy) is 2. The average molecular weight is 203 g/mol. The first-order valence-electron chi connectivity index (χ1n) is 5.26. The molecule has 1 aliphatic heterocycles. The van der Waals surface area contributed by atoms with E-state index in [4.69, 9.17) is 9.47 Å². The van der Waals surface area contributed by atoms with E-state index >= 15 is 0 Å². The highest BCUT2D eigenvalue weighted by atomic mass is 16.6. The van der Waals surface area contributed by atoms with Crippen molar-refractivity contribution < 1.29 is 14.6 Å². The van der Waals surface area contributed by atoms with Crippen molar-refractivity contribution in [2.45, 2.75) is 32.0 Å². The Labute approximate surface area is 85.6 Å². The molecule has 0 radical (unpaired) electrons. The Hall–Kier alpha value is -0.160. The molecular formula is C10H21NO3. The van der Waals surface area contributed by atoms with Crippen molar-refractivity contribution >= 4 is 0 Å². The van der Waals surface area contributed by atoms with Crippen LogP contribution in [0.4, 0.5) is 0 Å². The predicted octanol–water partition coefficient (Wildman–Crippen LogP) is 0.152. The summed E-state index contributed by atoms with van der Waals surface area (Å²) in [5.74, 6) is 0. The number of aliphatic hydroxyl groups is 1. The van der Waals surface area contributed by atoms with Crippen molar-refractivity contribution in [1.29, 1.82) is 0 Å². The summed E-state index contributed by atoms with van der Waals surface area (Å²) in [6.45, 7) is 7.18. The number of rotatable bonds is 5. The molecule has 0 saturated carbocycles. The second-order valence-electron chi connectivity index (χ2n) is 4.05. The summed E-state index contributed by atoms with van der Waals surface area (Å²) in [7, 11) is 0. The van der Waals surface area contributed by atoms with Gasteiger partial charge in [-0.15, -0.1) is 0 Å². The maximum Gasteiger partial charge on any atom is 0.0933 e. The molecule has 0 spiro atoms. The van der Waals surface area contributed by atoms with E-state index < -0.39 is 5.60 Å². The van der Waals surface area contributed by atoms with Gasteiger partial charge in [-0.2, -0.15) is 0 Å². The summed E-state index contributed by atoms with van der Waals surface area (Å²) < 4.78 is 10.7. The summed E-state index contributed by atoms with van der Waals surface area (Å²) in [5, 5.41) is 12.9. The van der Waals surface area contributed by atoms with Gasteiger partial charge in [0.15, 0.2) is 0 Å². The number of hydrogen-bond acceptors (Lipinski definition) is 4. The van der Waals surface area contributed by atoms with Crippen molar-refractivity contribution in [3.05, 3.63) is 0 Å². The minimum absolute atomic E-state index is 0.136. The van der Waals surface area contributed by atoms with Crippen LogP contribution in [0.15, 0.2) is 0 Å². The van der Waals surface area contributed by atoms with Crippen LogP contribution in [0.2, 0.25) is 0 Å². The highest BCUT2D eigenvalue weighted by Crippen LogP contribution is 2.06. The quantitative estimate of drug-likeness (QED) is 0.668. The molecule has 2 N–H and O–H groups in total. The fourth-order valence-corrected chi connectivity index (χ4v) is 1.28. The van der Waals surface area contributed by atoms with Gasteiger partial charge in [0, 0.05) is 13.1 Å². The van der Waals surface area contributed by atoms with E-state index in [0.29, 0.717) is 26.4 Å². The molecule has 0 aromatic heterocycles. The molecule has 1 saturated heterocycles. The van der Waals surface area contributed by atoms with Crippen LogP contribution in [0.5, 0.6) is 0 Å². The van der Waals surface area contributed by atoms with Crippen LogP contribution in [0, 0.1) is 0 Å². The fraction of sp³-hybridized carbons (Fsp3) is 1.00. The first-order valence-corrected chi connectivity index (χ1v) is 5.26. The monoisotopic (exact) mass is 203 g/mol. The summed E-state index contributed by atoms with van der Waals surface area (Å²) in [6.07, 6.45) is 0.888. The van der Waals surface area contributed by atoms with Crippen LogP contribution >= 0.6 is 0 Å². The van der Waals surface area contributed by atoms with Crippen molar-refractivity contribution in [3.63, 3.8) is 0 Å². The summed E-state index contributed by atoms with van der Waals surface area (Å²) in [4.78, 5) is 0. The van der Waals surface area contributed by atoms with Crippen LogP contribution < -0.4 is 5.32 Å². The Morgan fingerprint density at radius 1 is 1.50 bits per heavy atom. The Bertz CT molecular complexity index is 155. The molecule has 2 atom stereocenters. The van der Waals surface area contributed by atoms with Crippen molar-refractivity contribution in [3.8, 4) is 0 Å². The van der Waals surface area contributed by atoms with E-state index in [0.717, 1.165) is 13.0 Å². The Morgan fingerprint density at radius 2 is 2.29 bits per heavy atom. The molecule has 14 heavy (non-hydrogen) atoms. The molecule has 1 rings (SSSR count). The number of hydrogen-bond donors (Lipinski definition) is 2. The third-order valence-corrected chi connectivity index (χ3v) is 2.52. The van der Waals surface area contributed by atoms with Gasteiger partial charge in [0.1, 0.15) is 0 Å². The van der Waals surface area contributed by atoms with E-state index in [1.165, 1.54) is 0 Å². The van der Waals surface area contributed by atoms with E-state index in [1.54, 1.807) is 0 Å². The van der Waals surface area contributed by atoms with E-state index in [-0.39, 0.29) is 6.10 Å². The zero-order valence-electron chi connectivity index (χ0n) is 9.08. The van der Waals surface area contributed by atoms with Crippen molar-refractivity contribution in [2.24, 2.45) is 0 Å². The third-order valence-electron chi connectivity index (χ3n) is 2.52. The second-order valence-corrected chi connectivity index (χ2v) is 4.05. The molecule has 4 heteroatoms. The first kappa shape index (κ1) is 11.9. The standard InChI is InChI=1S/C10H21NO3/c1-3-10(2,12)8-11-6-9-7-13-4-5-14-9/h9,11-12H,3-8H2,1-2H3. The van der Waals surface area contributed by atoms with Crippen LogP contribution in [0.3, 0.4) is 0 Å². The minimum atomic E-state index is -0.616. The van der Waals surface area contributed by atoms with Gasteiger partial charge < -0.3 is 19.9 Å². The molecule has 84 valence electrons. The van der Waals surface area contributed by atoms with Gasteiger partial charge in [-0.25, -0.2) is 0 Å². The lowest BCUT2D eigenvalue weighted by atomic mass is 10.0. The molecule has 0 amide bonds. The zero-order valence-corrected chi connectivity index (χ0v) is 9.08. The van der Waals surface area contributed by atoms with Gasteiger partial charge in [-0.05, 0) is 13.3 Å². The van der Waals surface area contributed by atoms with E-state index in [9.17, 15) is 5.11 Å². The Morgan fingerprint density at radius 3 is 2.86 bits per heavy atom. The third kappa shape index (κ3) is 4.37. The molecule has 2 unspecified atom stereocenters. The van der Waals surface area contributed by atoms with Gasteiger partial charge >= 0.3 is 0 Å². The molecule has 0 aromatic carbocycles. The lowest BCUT2D eigenvalue weighted by Gasteiger charge is -2.26. The van der Waals surface area contributed by atoms with Crippen LogP contribution in [0.1, 0.15) is 20.3 Å². The van der Waals surface area contributed by atoms with Crippen LogP contribution in [-0.4, -0.2) is 49.7 Å². The molecule has 4 nitrogen and oxygen atoms in total. The van der Waals surface area contributed by atoms with Gasteiger partial charge in [-0.1, -0.05) is 6.92 Å². The highest BCUT2D eigenvalue weighted by Gasteiger charge is 2.19. The minimum Gasteiger partial charge on any atom is -0.389 e. The summed E-state index contributed by atoms with van der Waals surface area (Å²) >= 11 is 0. The smallest absolute Gasteiger partial charge is 0.0933 e. The van der Waals surface area contributed by atoms with Crippen LogP contribution in [-0.2, 0) is 9.47 Å². The lowest BCUT2D eigenvalue weighted by molar-refractivity contribution is -0.0876. The summed E-state index contributed by atoms with van der Waals surface area (Å²) in [6, 6.07) is 0. The second kappa shape index (κ2) is 5.66. The lowest BCUT2D eigenvalue weighted by Crippen LogP contribution is -2.43. The fourth-order valence-electron chi connectivity index (χ4n) is 1.28. The van der Waals surface area contributed by atoms with E-state index in [2.05, 4.69) is 5.32 Å². The zero-order chi connectivity index (χ0) is 10.4. The Kier molecular flexibility index (Phi) is 4.81. The van der Waals surface area contributed by atoms with Crippen LogP contribution in [0.25, 0.3) is 0 Å². The van der Waals surface area contributed by atoms with Crippen molar-refractivity contribution in [2.75, 3.05) is 32.9 Å². The van der Waals surface area contributed by atoms with E-state index in [1.807, 2.05) is 13.8 Å². The van der Waals surface area contributed by atoms with Crippen molar-refractivity contribution in [1.82, 2.24) is 5.32 Å². The van der Waals surface area contributed by atoms with Gasteiger partial charge in [-0.3, -0.25) is 0 Å². The molecule has 0 aromatic rings. The topological polar surface area (TPSA) is 50.7 Å². The average Bonchev–Trinajstić information content (AvgIpc) is 2.19. The molecule has 1 heterocycles. The SMILES string of the molecule is CCC(C)(O)CNCC1COCCO1. The van der Waals surface area contributed by atoms with Gasteiger partial charge in [0.25, 0.3) is 0 Å². The molecule has 0 aliphatic carbocycles. The molecule has 1 aliphatic rings. The van der Waals surface area contributed by atoms with Gasteiger partial charge in [0.2, 0.25) is 0 Å². The predicted molar refractivity (Wildman–Crippen MR) is 54.3 cm³/mol. The van der Waals surface area contributed by atoms with Gasteiger partial charge in [0.05, 0.1) is 31.5 Å². The first-order chi connectivity index (χ1) is 6.64. The maximum absolute atomic E-state index is 9.72. The Balaban J connectivity index is 2.08.